The molecule has 0 spiro atoms. The van der Waals surface area contributed by atoms with Crippen molar-refractivity contribution in [1.82, 2.24) is 24.8 Å². The lowest BCUT2D eigenvalue weighted by molar-refractivity contribution is 0.127. The summed E-state index contributed by atoms with van der Waals surface area (Å²) in [6, 6.07) is 5.71. The minimum Gasteiger partial charge on any atom is -0.377 e. The number of anilines is 2. The highest BCUT2D eigenvalue weighted by atomic mass is 32.2. The van der Waals surface area contributed by atoms with Crippen molar-refractivity contribution in [2.45, 2.75) is 18.9 Å². The Morgan fingerprint density at radius 3 is 2.64 bits per heavy atom. The van der Waals surface area contributed by atoms with Crippen molar-refractivity contribution in [3.8, 4) is 16.8 Å². The SMILES string of the molecule is O=S(=O)(CC1CCCO1)Nc1ccc(F)c(-n2cc(-c3cncnc3)c3nc(N4CCNCC4)ccc32)c1F. The van der Waals surface area contributed by atoms with Crippen LogP contribution in [0.5, 0.6) is 0 Å². The molecule has 1 atom stereocenters. The van der Waals surface area contributed by atoms with E-state index < -0.39 is 33.4 Å². The minimum atomic E-state index is -3.94. The summed E-state index contributed by atoms with van der Waals surface area (Å²) in [5, 5.41) is 3.31. The van der Waals surface area contributed by atoms with Gasteiger partial charge in [-0.05, 0) is 37.1 Å². The quantitative estimate of drug-likeness (QED) is 0.358. The monoisotopic (exact) mass is 555 g/mol. The molecular weight excluding hydrogens is 528 g/mol. The zero-order valence-corrected chi connectivity index (χ0v) is 21.8. The second-order valence-corrected chi connectivity index (χ2v) is 11.4. The minimum absolute atomic E-state index is 0.303. The Hall–Kier alpha value is -3.68. The fourth-order valence-electron chi connectivity index (χ4n) is 5.07. The highest BCUT2D eigenvalue weighted by Gasteiger charge is 2.27. The van der Waals surface area contributed by atoms with E-state index in [4.69, 9.17) is 9.72 Å². The van der Waals surface area contributed by atoms with E-state index in [0.29, 0.717) is 35.2 Å². The predicted molar refractivity (Wildman–Crippen MR) is 143 cm³/mol. The fraction of sp³-hybridized carbons (Fsp3) is 0.346. The number of fused-ring (bicyclic) bond motifs is 1. The van der Waals surface area contributed by atoms with Gasteiger partial charge in [-0.15, -0.1) is 0 Å². The van der Waals surface area contributed by atoms with Crippen LogP contribution in [0.1, 0.15) is 12.8 Å². The van der Waals surface area contributed by atoms with E-state index in [1.54, 1.807) is 24.7 Å². The van der Waals surface area contributed by atoms with E-state index in [1.165, 1.54) is 10.9 Å². The molecule has 2 N–H and O–H groups in total. The standard InChI is InChI=1S/C26H27F2N7O3S/c27-20-3-4-21(33-39(36,37)15-18-2-1-11-38-18)24(28)26(20)35-14-19(17-12-30-16-31-13-17)25-22(35)5-6-23(32-25)34-9-7-29-8-10-34/h3-6,12-14,16,18,29,33H,1-2,7-11,15H2. The molecule has 1 aromatic carbocycles. The normalized spacial score (nSPS) is 18.1. The fourth-order valence-corrected chi connectivity index (χ4v) is 6.40. The van der Waals surface area contributed by atoms with Crippen LogP contribution in [0.2, 0.25) is 0 Å². The van der Waals surface area contributed by atoms with E-state index in [2.05, 4.69) is 24.9 Å². The van der Waals surface area contributed by atoms with Gasteiger partial charge in [0.25, 0.3) is 0 Å². The summed E-state index contributed by atoms with van der Waals surface area (Å²) in [6.07, 6.45) is 7.11. The van der Waals surface area contributed by atoms with Crippen LogP contribution in [0.4, 0.5) is 20.3 Å². The molecule has 13 heteroatoms. The smallest absolute Gasteiger partial charge is 0.235 e. The van der Waals surface area contributed by atoms with E-state index in [0.717, 1.165) is 50.6 Å². The third-order valence-electron chi connectivity index (χ3n) is 6.95. The van der Waals surface area contributed by atoms with Crippen LogP contribution in [-0.2, 0) is 14.8 Å². The maximum absolute atomic E-state index is 15.9. The molecule has 5 heterocycles. The highest BCUT2D eigenvalue weighted by molar-refractivity contribution is 7.92. The molecule has 0 radical (unpaired) electrons. The average molecular weight is 556 g/mol. The van der Waals surface area contributed by atoms with Gasteiger partial charge < -0.3 is 19.5 Å². The topological polar surface area (TPSA) is 114 Å². The van der Waals surface area contributed by atoms with Crippen LogP contribution >= 0.6 is 0 Å². The molecule has 2 fully saturated rings. The van der Waals surface area contributed by atoms with Crippen LogP contribution in [0.15, 0.2) is 49.2 Å². The lowest BCUT2D eigenvalue weighted by Crippen LogP contribution is -2.43. The largest absolute Gasteiger partial charge is 0.377 e. The summed E-state index contributed by atoms with van der Waals surface area (Å²) < 4.78 is 65.7. The van der Waals surface area contributed by atoms with Crippen molar-refractivity contribution in [1.29, 1.82) is 0 Å². The van der Waals surface area contributed by atoms with Gasteiger partial charge in [-0.3, -0.25) is 4.72 Å². The summed E-state index contributed by atoms with van der Waals surface area (Å²) in [5.74, 6) is -1.45. The van der Waals surface area contributed by atoms with Crippen LogP contribution in [0.25, 0.3) is 27.8 Å². The van der Waals surface area contributed by atoms with Crippen molar-refractivity contribution in [3.05, 3.63) is 60.8 Å². The van der Waals surface area contributed by atoms with Crippen molar-refractivity contribution in [2.75, 3.05) is 48.2 Å². The molecule has 2 aliphatic heterocycles. The number of nitrogens with one attached hydrogen (secondary N) is 2. The van der Waals surface area contributed by atoms with E-state index in [9.17, 15) is 8.42 Å². The lowest BCUT2D eigenvalue weighted by Gasteiger charge is -2.28. The van der Waals surface area contributed by atoms with Gasteiger partial charge in [0.15, 0.2) is 5.82 Å². The van der Waals surface area contributed by atoms with Crippen LogP contribution < -0.4 is 14.9 Å². The summed E-state index contributed by atoms with van der Waals surface area (Å²) >= 11 is 0. The van der Waals surface area contributed by atoms with E-state index in [-0.39, 0.29) is 11.4 Å². The number of aromatic nitrogens is 4. The summed E-state index contributed by atoms with van der Waals surface area (Å²) in [4.78, 5) is 15.2. The van der Waals surface area contributed by atoms with Crippen molar-refractivity contribution in [2.24, 2.45) is 0 Å². The first-order valence-corrected chi connectivity index (χ1v) is 14.4. The first-order valence-electron chi connectivity index (χ1n) is 12.7. The Morgan fingerprint density at radius 1 is 1.10 bits per heavy atom. The van der Waals surface area contributed by atoms with Gasteiger partial charge in [0.05, 0.1) is 28.6 Å². The number of pyridine rings is 1. The second-order valence-electron chi connectivity index (χ2n) is 9.59. The molecule has 0 amide bonds. The number of hydrogen-bond donors (Lipinski definition) is 2. The number of benzene rings is 1. The van der Waals surface area contributed by atoms with Crippen molar-refractivity contribution < 1.29 is 21.9 Å². The molecule has 3 aromatic heterocycles. The first kappa shape index (κ1) is 25.6. The van der Waals surface area contributed by atoms with Gasteiger partial charge in [-0.1, -0.05) is 0 Å². The van der Waals surface area contributed by atoms with Crippen molar-refractivity contribution >= 4 is 32.6 Å². The van der Waals surface area contributed by atoms with Gasteiger partial charge >= 0.3 is 0 Å². The van der Waals surface area contributed by atoms with E-state index in [1.807, 2.05) is 6.07 Å². The van der Waals surface area contributed by atoms with Gasteiger partial charge in [0.2, 0.25) is 10.0 Å². The Kier molecular flexibility index (Phi) is 6.87. The number of nitrogens with zero attached hydrogens (tertiary/aromatic N) is 5. The van der Waals surface area contributed by atoms with Gasteiger partial charge in [0, 0.05) is 62.5 Å². The Labute approximate surface area is 224 Å². The third kappa shape index (κ3) is 5.16. The number of sulfonamides is 1. The molecule has 2 saturated heterocycles. The molecule has 6 rings (SSSR count). The van der Waals surface area contributed by atoms with Gasteiger partial charge in [-0.25, -0.2) is 32.2 Å². The van der Waals surface area contributed by atoms with Crippen LogP contribution in [0, 0.1) is 11.6 Å². The maximum Gasteiger partial charge on any atom is 0.235 e. The lowest BCUT2D eigenvalue weighted by atomic mass is 10.1. The molecule has 204 valence electrons. The average Bonchev–Trinajstić information content (AvgIpc) is 3.59. The Balaban J connectivity index is 1.45. The zero-order chi connectivity index (χ0) is 27.0. The number of hydrogen-bond acceptors (Lipinski definition) is 8. The number of halogens is 2. The second kappa shape index (κ2) is 10.5. The predicted octanol–water partition coefficient (Wildman–Crippen LogP) is 3.09. The number of ether oxygens (including phenoxy) is 1. The molecule has 4 aromatic rings. The molecule has 0 saturated carbocycles. The third-order valence-corrected chi connectivity index (χ3v) is 8.29. The molecule has 10 nitrogen and oxygen atoms in total. The number of rotatable bonds is 7. The Bertz CT molecular complexity index is 1600. The molecule has 2 aliphatic rings. The number of piperazine rings is 1. The van der Waals surface area contributed by atoms with E-state index >= 15 is 8.78 Å². The van der Waals surface area contributed by atoms with Crippen LogP contribution in [-0.4, -0.2) is 72.6 Å². The summed E-state index contributed by atoms with van der Waals surface area (Å²) in [6.45, 7) is 3.70. The van der Waals surface area contributed by atoms with Crippen molar-refractivity contribution in [3.63, 3.8) is 0 Å². The molecule has 39 heavy (non-hydrogen) atoms. The molecule has 0 bridgehead atoms. The van der Waals surface area contributed by atoms with Gasteiger partial charge in [0.1, 0.15) is 23.6 Å². The maximum atomic E-state index is 15.9. The molecule has 0 aliphatic carbocycles. The highest BCUT2D eigenvalue weighted by Crippen LogP contribution is 2.35. The molecular formula is C26H27F2N7O3S. The molecule has 1 unspecified atom stereocenters. The Morgan fingerprint density at radius 2 is 1.90 bits per heavy atom. The summed E-state index contributed by atoms with van der Waals surface area (Å²) in [5.41, 5.74) is 1.42. The first-order chi connectivity index (χ1) is 18.9. The van der Waals surface area contributed by atoms with Crippen LogP contribution in [0.3, 0.4) is 0 Å². The zero-order valence-electron chi connectivity index (χ0n) is 21.0. The summed E-state index contributed by atoms with van der Waals surface area (Å²) in [7, 11) is -3.94. The van der Waals surface area contributed by atoms with Gasteiger partial charge in [-0.2, -0.15) is 0 Å².